The number of nitrogen functional groups attached to an aromatic ring is 1. The molecule has 1 aliphatic heterocycles. The molecule has 2 heterocycles. The second-order valence-electron chi connectivity index (χ2n) is 4.22. The van der Waals surface area contributed by atoms with E-state index in [4.69, 9.17) is 15.3 Å². The summed E-state index contributed by atoms with van der Waals surface area (Å²) in [7, 11) is 0. The van der Waals surface area contributed by atoms with Crippen LogP contribution in [-0.2, 0) is 0 Å². The zero-order chi connectivity index (χ0) is 13.2. The zero-order valence-corrected chi connectivity index (χ0v) is 10.5. The largest absolute Gasteiger partial charge is 0.486 e. The van der Waals surface area contributed by atoms with E-state index in [1.807, 2.05) is 25.1 Å². The van der Waals surface area contributed by atoms with Crippen LogP contribution in [0.5, 0.6) is 11.5 Å². The van der Waals surface area contributed by atoms with Gasteiger partial charge in [-0.15, -0.1) is 0 Å². The van der Waals surface area contributed by atoms with Crippen molar-refractivity contribution in [1.82, 2.24) is 9.97 Å². The van der Waals surface area contributed by atoms with Gasteiger partial charge in [0.1, 0.15) is 19.0 Å². The van der Waals surface area contributed by atoms with Crippen molar-refractivity contribution < 1.29 is 9.47 Å². The SMILES string of the molecule is Cc1cc(NN)nc(-c2ccc3c(c2)OCCO3)n1. The smallest absolute Gasteiger partial charge is 0.162 e. The van der Waals surface area contributed by atoms with E-state index in [0.29, 0.717) is 24.9 Å². The molecule has 6 heteroatoms. The number of ether oxygens (including phenoxy) is 2. The molecular weight excluding hydrogens is 244 g/mol. The van der Waals surface area contributed by atoms with Crippen molar-refractivity contribution >= 4 is 5.82 Å². The lowest BCUT2D eigenvalue weighted by molar-refractivity contribution is 0.171. The first-order valence-electron chi connectivity index (χ1n) is 5.98. The molecule has 0 atom stereocenters. The Bertz CT molecular complexity index is 616. The summed E-state index contributed by atoms with van der Waals surface area (Å²) in [5, 5.41) is 0. The maximum atomic E-state index is 5.55. The summed E-state index contributed by atoms with van der Waals surface area (Å²) in [4.78, 5) is 8.73. The predicted molar refractivity (Wildman–Crippen MR) is 71.0 cm³/mol. The van der Waals surface area contributed by atoms with Crippen molar-refractivity contribution in [2.45, 2.75) is 6.92 Å². The van der Waals surface area contributed by atoms with Gasteiger partial charge in [-0.25, -0.2) is 15.8 Å². The molecule has 0 bridgehead atoms. The molecular formula is C13H14N4O2. The van der Waals surface area contributed by atoms with E-state index in [1.165, 1.54) is 0 Å². The molecule has 0 spiro atoms. The van der Waals surface area contributed by atoms with Gasteiger partial charge in [0.15, 0.2) is 17.3 Å². The molecule has 1 aliphatic rings. The van der Waals surface area contributed by atoms with Crippen LogP contribution >= 0.6 is 0 Å². The van der Waals surface area contributed by atoms with Gasteiger partial charge in [0.05, 0.1) is 0 Å². The number of anilines is 1. The van der Waals surface area contributed by atoms with Crippen molar-refractivity contribution in [2.24, 2.45) is 5.84 Å². The Labute approximate surface area is 110 Å². The van der Waals surface area contributed by atoms with E-state index in [1.54, 1.807) is 6.07 Å². The summed E-state index contributed by atoms with van der Waals surface area (Å²) >= 11 is 0. The van der Waals surface area contributed by atoms with Gasteiger partial charge in [0.2, 0.25) is 0 Å². The highest BCUT2D eigenvalue weighted by Crippen LogP contribution is 2.33. The van der Waals surface area contributed by atoms with Crippen molar-refractivity contribution in [3.05, 3.63) is 30.0 Å². The molecule has 0 radical (unpaired) electrons. The minimum atomic E-state index is 0.556. The summed E-state index contributed by atoms with van der Waals surface area (Å²) in [5.41, 5.74) is 4.24. The third-order valence-electron chi connectivity index (χ3n) is 2.80. The molecule has 3 N–H and O–H groups in total. The quantitative estimate of drug-likeness (QED) is 0.627. The molecule has 1 aromatic heterocycles. The van der Waals surface area contributed by atoms with Gasteiger partial charge in [-0.05, 0) is 25.1 Å². The van der Waals surface area contributed by atoms with Crippen molar-refractivity contribution in [3.8, 4) is 22.9 Å². The Morgan fingerprint density at radius 2 is 1.89 bits per heavy atom. The lowest BCUT2D eigenvalue weighted by atomic mass is 10.1. The van der Waals surface area contributed by atoms with Crippen molar-refractivity contribution in [3.63, 3.8) is 0 Å². The average Bonchev–Trinajstić information content (AvgIpc) is 2.46. The molecule has 0 amide bonds. The molecule has 0 saturated heterocycles. The summed E-state index contributed by atoms with van der Waals surface area (Å²) in [5.74, 6) is 8.04. The van der Waals surface area contributed by atoms with Crippen LogP contribution in [0.15, 0.2) is 24.3 Å². The summed E-state index contributed by atoms with van der Waals surface area (Å²) in [6.45, 7) is 3.03. The number of hydrogen-bond donors (Lipinski definition) is 2. The predicted octanol–water partition coefficient (Wildman–Crippen LogP) is 1.51. The first-order valence-corrected chi connectivity index (χ1v) is 5.98. The number of nitrogens with zero attached hydrogens (tertiary/aromatic N) is 2. The molecule has 19 heavy (non-hydrogen) atoms. The molecule has 98 valence electrons. The summed E-state index contributed by atoms with van der Waals surface area (Å²) in [6.07, 6.45) is 0. The number of fused-ring (bicyclic) bond motifs is 1. The Morgan fingerprint density at radius 3 is 2.68 bits per heavy atom. The van der Waals surface area contributed by atoms with Gasteiger partial charge in [0.25, 0.3) is 0 Å². The maximum Gasteiger partial charge on any atom is 0.162 e. The van der Waals surface area contributed by atoms with Gasteiger partial charge < -0.3 is 14.9 Å². The van der Waals surface area contributed by atoms with Crippen LogP contribution in [0.4, 0.5) is 5.82 Å². The zero-order valence-electron chi connectivity index (χ0n) is 10.5. The Kier molecular flexibility index (Phi) is 2.92. The summed E-state index contributed by atoms with van der Waals surface area (Å²) in [6, 6.07) is 7.43. The standard InChI is InChI=1S/C13H14N4O2/c1-8-6-12(17-14)16-13(15-8)9-2-3-10-11(7-9)19-5-4-18-10/h2-3,6-7H,4-5,14H2,1H3,(H,15,16,17). The maximum absolute atomic E-state index is 5.55. The highest BCUT2D eigenvalue weighted by molar-refractivity contribution is 5.62. The van der Waals surface area contributed by atoms with Gasteiger partial charge in [-0.1, -0.05) is 0 Å². The first-order chi connectivity index (χ1) is 9.26. The molecule has 2 aromatic rings. The van der Waals surface area contributed by atoms with Crippen LogP contribution in [0.1, 0.15) is 5.69 Å². The number of rotatable bonds is 2. The lowest BCUT2D eigenvalue weighted by Gasteiger charge is -2.18. The van der Waals surface area contributed by atoms with Crippen LogP contribution in [-0.4, -0.2) is 23.2 Å². The Morgan fingerprint density at radius 1 is 1.11 bits per heavy atom. The highest BCUT2D eigenvalue weighted by Gasteiger charge is 2.14. The van der Waals surface area contributed by atoms with E-state index in [9.17, 15) is 0 Å². The number of hydrogen-bond acceptors (Lipinski definition) is 6. The molecule has 3 rings (SSSR count). The Balaban J connectivity index is 2.04. The molecule has 0 saturated carbocycles. The van der Waals surface area contributed by atoms with E-state index in [2.05, 4.69) is 15.4 Å². The van der Waals surface area contributed by atoms with Crippen LogP contribution in [0, 0.1) is 6.92 Å². The normalized spacial score (nSPS) is 13.2. The van der Waals surface area contributed by atoms with Crippen LogP contribution in [0.25, 0.3) is 11.4 Å². The van der Waals surface area contributed by atoms with E-state index >= 15 is 0 Å². The molecule has 6 nitrogen and oxygen atoms in total. The van der Waals surface area contributed by atoms with Crippen LogP contribution in [0.3, 0.4) is 0 Å². The molecule has 1 aromatic carbocycles. The van der Waals surface area contributed by atoms with Crippen molar-refractivity contribution in [2.75, 3.05) is 18.6 Å². The van der Waals surface area contributed by atoms with Gasteiger partial charge in [-0.3, -0.25) is 0 Å². The number of hydrazine groups is 1. The third kappa shape index (κ3) is 2.30. The van der Waals surface area contributed by atoms with Gasteiger partial charge in [-0.2, -0.15) is 0 Å². The monoisotopic (exact) mass is 258 g/mol. The number of aromatic nitrogens is 2. The van der Waals surface area contributed by atoms with Crippen LogP contribution in [0.2, 0.25) is 0 Å². The Hall–Kier alpha value is -2.34. The van der Waals surface area contributed by atoms with Crippen LogP contribution < -0.4 is 20.7 Å². The second-order valence-corrected chi connectivity index (χ2v) is 4.22. The van der Waals surface area contributed by atoms with E-state index in [-0.39, 0.29) is 0 Å². The number of nitrogens with one attached hydrogen (secondary N) is 1. The third-order valence-corrected chi connectivity index (χ3v) is 2.80. The molecule has 0 aliphatic carbocycles. The van der Waals surface area contributed by atoms with Gasteiger partial charge >= 0.3 is 0 Å². The van der Waals surface area contributed by atoms with E-state index < -0.39 is 0 Å². The topological polar surface area (TPSA) is 82.3 Å². The lowest BCUT2D eigenvalue weighted by Crippen LogP contribution is -2.15. The highest BCUT2D eigenvalue weighted by atomic mass is 16.6. The first kappa shape index (κ1) is 11.7. The summed E-state index contributed by atoms with van der Waals surface area (Å²) < 4.78 is 11.0. The fourth-order valence-corrected chi connectivity index (χ4v) is 1.95. The van der Waals surface area contributed by atoms with Gasteiger partial charge in [0, 0.05) is 17.3 Å². The number of benzene rings is 1. The van der Waals surface area contributed by atoms with Crippen molar-refractivity contribution in [1.29, 1.82) is 0 Å². The second kappa shape index (κ2) is 4.74. The van der Waals surface area contributed by atoms with E-state index in [0.717, 1.165) is 22.8 Å². The minimum Gasteiger partial charge on any atom is -0.486 e. The molecule has 0 fully saturated rings. The number of nitrogens with two attached hydrogens (primary N) is 1. The fourth-order valence-electron chi connectivity index (χ4n) is 1.95. The average molecular weight is 258 g/mol. The minimum absolute atomic E-state index is 0.556. The number of aryl methyl sites for hydroxylation is 1. The molecule has 0 unspecified atom stereocenters. The fraction of sp³-hybridized carbons (Fsp3) is 0.231.